The van der Waals surface area contributed by atoms with E-state index in [-0.39, 0.29) is 17.9 Å². The molecule has 2 saturated heterocycles. The Kier molecular flexibility index (Phi) is 7.24. The van der Waals surface area contributed by atoms with Crippen molar-refractivity contribution >= 4 is 23.3 Å². The van der Waals surface area contributed by atoms with Gasteiger partial charge in [0.15, 0.2) is 0 Å². The van der Waals surface area contributed by atoms with E-state index in [9.17, 15) is 9.59 Å². The summed E-state index contributed by atoms with van der Waals surface area (Å²) >= 11 is 1.67. The fraction of sp³-hybridized carbons (Fsp3) is 0.640. The van der Waals surface area contributed by atoms with Crippen molar-refractivity contribution in [3.63, 3.8) is 0 Å². The lowest BCUT2D eigenvalue weighted by atomic mass is 9.73. The minimum atomic E-state index is -0.768. The van der Waals surface area contributed by atoms with Crippen molar-refractivity contribution < 1.29 is 9.59 Å². The molecular formula is C25H37N5O2S. The molecule has 33 heavy (non-hydrogen) atoms. The van der Waals surface area contributed by atoms with Gasteiger partial charge in [-0.1, -0.05) is 19.9 Å². The summed E-state index contributed by atoms with van der Waals surface area (Å²) < 4.78 is 1.99. The van der Waals surface area contributed by atoms with Gasteiger partial charge in [0.2, 0.25) is 0 Å². The number of likely N-dealkylation sites (tertiary alicyclic amines) is 1. The first-order valence-corrected chi connectivity index (χ1v) is 13.1. The van der Waals surface area contributed by atoms with Crippen molar-refractivity contribution in [1.82, 2.24) is 24.9 Å². The highest BCUT2D eigenvalue weighted by Gasteiger charge is 2.55. The Bertz CT molecular complexity index is 962. The van der Waals surface area contributed by atoms with Crippen LogP contribution in [0.5, 0.6) is 0 Å². The van der Waals surface area contributed by atoms with Crippen molar-refractivity contribution in [3.8, 4) is 0 Å². The molecule has 0 spiro atoms. The highest BCUT2D eigenvalue weighted by atomic mass is 32.1. The van der Waals surface area contributed by atoms with E-state index in [1.54, 1.807) is 11.3 Å². The van der Waals surface area contributed by atoms with E-state index in [1.165, 1.54) is 15.3 Å². The summed E-state index contributed by atoms with van der Waals surface area (Å²) in [5.74, 6) is 0.474. The van der Waals surface area contributed by atoms with Crippen LogP contribution >= 0.6 is 11.3 Å². The molecule has 0 aliphatic carbocycles. The molecule has 0 aromatic carbocycles. The van der Waals surface area contributed by atoms with E-state index in [0.29, 0.717) is 18.9 Å². The fourth-order valence-electron chi connectivity index (χ4n) is 5.45. The molecule has 1 atom stereocenters. The van der Waals surface area contributed by atoms with E-state index in [2.05, 4.69) is 55.3 Å². The molecule has 180 valence electrons. The number of hydrogen-bond acceptors (Lipinski definition) is 5. The molecule has 4 rings (SSSR count). The zero-order valence-electron chi connectivity index (χ0n) is 20.3. The number of thiophene rings is 1. The topological polar surface area (TPSA) is 70.5 Å². The van der Waals surface area contributed by atoms with Crippen LogP contribution in [0.2, 0.25) is 0 Å². The molecule has 4 heterocycles. The average molecular weight is 472 g/mol. The second-order valence-corrected chi connectivity index (χ2v) is 11.0. The summed E-state index contributed by atoms with van der Waals surface area (Å²) in [5.41, 5.74) is 1.60. The highest BCUT2D eigenvalue weighted by Crippen LogP contribution is 2.38. The third-order valence-corrected chi connectivity index (χ3v) is 8.08. The number of aryl methyl sites for hydroxylation is 2. The van der Waals surface area contributed by atoms with Crippen LogP contribution in [-0.2, 0) is 24.3 Å². The summed E-state index contributed by atoms with van der Waals surface area (Å²) in [4.78, 5) is 31.8. The lowest BCUT2D eigenvalue weighted by Crippen LogP contribution is -2.56. The molecule has 2 aliphatic rings. The van der Waals surface area contributed by atoms with Crippen LogP contribution in [0.25, 0.3) is 0 Å². The number of carbonyl (C=O) groups excluding carboxylic acids is 2. The number of piperidine rings is 1. The van der Waals surface area contributed by atoms with E-state index < -0.39 is 5.54 Å². The number of carbonyl (C=O) groups is 2. The van der Waals surface area contributed by atoms with Gasteiger partial charge in [-0.25, -0.2) is 4.79 Å². The molecule has 2 aromatic rings. The Labute approximate surface area is 201 Å². The van der Waals surface area contributed by atoms with E-state index in [0.717, 1.165) is 51.1 Å². The van der Waals surface area contributed by atoms with E-state index in [4.69, 9.17) is 0 Å². The fourth-order valence-corrected chi connectivity index (χ4v) is 6.15. The molecule has 0 radical (unpaired) electrons. The third kappa shape index (κ3) is 5.01. The van der Waals surface area contributed by atoms with Crippen LogP contribution in [0.1, 0.15) is 56.2 Å². The molecule has 2 aromatic heterocycles. The largest absolute Gasteiger partial charge is 0.325 e. The second-order valence-electron chi connectivity index (χ2n) is 9.93. The van der Waals surface area contributed by atoms with E-state index in [1.807, 2.05) is 16.1 Å². The molecule has 2 fully saturated rings. The van der Waals surface area contributed by atoms with Crippen LogP contribution in [0, 0.1) is 18.8 Å². The number of nitrogens with zero attached hydrogens (tertiary/aromatic N) is 4. The first-order chi connectivity index (χ1) is 15.8. The Hall–Kier alpha value is -2.19. The number of aromatic nitrogens is 2. The van der Waals surface area contributed by atoms with Gasteiger partial charge < -0.3 is 5.32 Å². The van der Waals surface area contributed by atoms with Crippen molar-refractivity contribution in [3.05, 3.63) is 39.8 Å². The number of imide groups is 1. The van der Waals surface area contributed by atoms with Gasteiger partial charge in [-0.2, -0.15) is 5.10 Å². The quantitative estimate of drug-likeness (QED) is 0.560. The van der Waals surface area contributed by atoms with Crippen LogP contribution in [0.4, 0.5) is 4.79 Å². The Morgan fingerprint density at radius 2 is 2.03 bits per heavy atom. The predicted octanol–water partition coefficient (Wildman–Crippen LogP) is 4.06. The summed E-state index contributed by atoms with van der Waals surface area (Å²) in [6.45, 7) is 12.5. The van der Waals surface area contributed by atoms with Gasteiger partial charge in [-0.3, -0.25) is 19.3 Å². The van der Waals surface area contributed by atoms with Gasteiger partial charge in [0.05, 0.1) is 5.69 Å². The van der Waals surface area contributed by atoms with E-state index >= 15 is 0 Å². The Morgan fingerprint density at radius 1 is 1.27 bits per heavy atom. The lowest BCUT2D eigenvalue weighted by Gasteiger charge is -2.41. The monoisotopic (exact) mass is 471 g/mol. The Morgan fingerprint density at radius 3 is 2.64 bits per heavy atom. The molecule has 0 saturated carbocycles. The molecular weight excluding hydrogens is 434 g/mol. The number of rotatable bonds is 9. The average Bonchev–Trinajstić information content (AvgIpc) is 3.48. The zero-order chi connectivity index (χ0) is 23.6. The molecule has 3 amide bonds. The standard InChI is InChI=1S/C25H37N5O2S/c1-5-29-17-20(19(4)27-29)16-28-11-8-21(9-12-28)25(15-18(2)3)23(31)30(24(32)26-25)13-10-22-7-6-14-33-22/h6-7,14,17-18,21H,5,8-13,15-16H2,1-4H3,(H,26,32). The molecule has 1 N–H and O–H groups in total. The van der Waals surface area contributed by atoms with Crippen molar-refractivity contribution in [2.75, 3.05) is 19.6 Å². The van der Waals surface area contributed by atoms with Gasteiger partial charge in [0.1, 0.15) is 5.54 Å². The summed E-state index contributed by atoms with van der Waals surface area (Å²) in [6.07, 6.45) is 5.39. The summed E-state index contributed by atoms with van der Waals surface area (Å²) in [6, 6.07) is 3.85. The van der Waals surface area contributed by atoms with Gasteiger partial charge >= 0.3 is 6.03 Å². The summed E-state index contributed by atoms with van der Waals surface area (Å²) in [5, 5.41) is 9.80. The number of amides is 3. The van der Waals surface area contributed by atoms with Crippen LogP contribution in [0.15, 0.2) is 23.7 Å². The molecule has 1 unspecified atom stereocenters. The smallest absolute Gasteiger partial charge is 0.323 e. The number of urea groups is 1. The third-order valence-electron chi connectivity index (χ3n) is 7.14. The molecule has 2 aliphatic heterocycles. The Balaban J connectivity index is 1.43. The van der Waals surface area contributed by atoms with Crippen LogP contribution in [-0.4, -0.2) is 56.7 Å². The van der Waals surface area contributed by atoms with Gasteiger partial charge in [0.25, 0.3) is 5.91 Å². The maximum Gasteiger partial charge on any atom is 0.325 e. The minimum Gasteiger partial charge on any atom is -0.323 e. The zero-order valence-corrected chi connectivity index (χ0v) is 21.2. The maximum atomic E-state index is 13.7. The normalized spacial score (nSPS) is 22.5. The lowest BCUT2D eigenvalue weighted by molar-refractivity contribution is -0.134. The van der Waals surface area contributed by atoms with Gasteiger partial charge in [0, 0.05) is 36.3 Å². The molecule has 8 heteroatoms. The van der Waals surface area contributed by atoms with Gasteiger partial charge in [-0.05, 0) is 75.9 Å². The highest BCUT2D eigenvalue weighted by molar-refractivity contribution is 7.09. The van der Waals surface area contributed by atoms with Crippen molar-refractivity contribution in [2.45, 2.75) is 72.0 Å². The van der Waals surface area contributed by atoms with Crippen molar-refractivity contribution in [1.29, 1.82) is 0 Å². The summed E-state index contributed by atoms with van der Waals surface area (Å²) in [7, 11) is 0. The first-order valence-electron chi connectivity index (χ1n) is 12.2. The number of hydrogen-bond donors (Lipinski definition) is 1. The SMILES string of the molecule is CCn1cc(CN2CCC(C3(CC(C)C)NC(=O)N(CCc4cccs4)C3=O)CC2)c(C)n1. The predicted molar refractivity (Wildman–Crippen MR) is 131 cm³/mol. The molecule has 0 bridgehead atoms. The van der Waals surface area contributed by atoms with Crippen LogP contribution < -0.4 is 5.32 Å². The first kappa shape index (κ1) is 24.0. The second kappa shape index (κ2) is 9.97. The van der Waals surface area contributed by atoms with Crippen LogP contribution in [0.3, 0.4) is 0 Å². The minimum absolute atomic E-state index is 0.0173. The maximum absolute atomic E-state index is 13.7. The molecule has 7 nitrogen and oxygen atoms in total. The van der Waals surface area contributed by atoms with Crippen molar-refractivity contribution in [2.24, 2.45) is 11.8 Å². The number of nitrogens with one attached hydrogen (secondary N) is 1. The van der Waals surface area contributed by atoms with Gasteiger partial charge in [-0.15, -0.1) is 11.3 Å².